The van der Waals surface area contributed by atoms with Crippen molar-refractivity contribution in [1.82, 2.24) is 4.90 Å². The van der Waals surface area contributed by atoms with Crippen LogP contribution in [-0.2, 0) is 11.2 Å². The Morgan fingerprint density at radius 1 is 1.33 bits per heavy atom. The number of rotatable bonds is 3. The summed E-state index contributed by atoms with van der Waals surface area (Å²) in [5.74, 6) is 0.137. The van der Waals surface area contributed by atoms with Gasteiger partial charge in [0.1, 0.15) is 0 Å². The molecule has 1 fully saturated rings. The summed E-state index contributed by atoms with van der Waals surface area (Å²) in [6, 6.07) is 8.10. The van der Waals surface area contributed by atoms with Crippen LogP contribution in [0.25, 0.3) is 0 Å². The molecule has 0 bridgehead atoms. The van der Waals surface area contributed by atoms with Gasteiger partial charge in [0.15, 0.2) is 0 Å². The smallest absolute Gasteiger partial charge is 0.227 e. The molecule has 0 radical (unpaired) electrons. The lowest BCUT2D eigenvalue weighted by Crippen LogP contribution is -2.46. The maximum absolute atomic E-state index is 12.2. The molecule has 1 aromatic carbocycles. The second-order valence-electron chi connectivity index (χ2n) is 5.08. The van der Waals surface area contributed by atoms with E-state index in [4.69, 9.17) is 0 Å². The molecule has 98 valence electrons. The van der Waals surface area contributed by atoms with E-state index in [9.17, 15) is 9.90 Å². The van der Waals surface area contributed by atoms with E-state index in [1.54, 1.807) is 0 Å². The highest BCUT2D eigenvalue weighted by atomic mass is 16.3. The molecular formula is C15H21NO2. The lowest BCUT2D eigenvalue weighted by Gasteiger charge is -2.34. The summed E-state index contributed by atoms with van der Waals surface area (Å²) in [5, 5.41) is 9.32. The van der Waals surface area contributed by atoms with Gasteiger partial charge in [-0.05, 0) is 31.7 Å². The minimum atomic E-state index is 0.0247. The summed E-state index contributed by atoms with van der Waals surface area (Å²) in [7, 11) is 0. The van der Waals surface area contributed by atoms with Crippen molar-refractivity contribution in [3.63, 3.8) is 0 Å². The maximum atomic E-state index is 12.2. The number of likely N-dealkylation sites (tertiary alicyclic amines) is 1. The number of carbonyl (C=O) groups is 1. The number of carbonyl (C=O) groups excluding carboxylic acids is 1. The molecule has 0 aromatic heterocycles. The Morgan fingerprint density at radius 3 is 2.72 bits per heavy atom. The molecule has 1 saturated heterocycles. The molecule has 3 heteroatoms. The van der Waals surface area contributed by atoms with Crippen LogP contribution in [0.3, 0.4) is 0 Å². The fraction of sp³-hybridized carbons (Fsp3) is 0.533. The number of benzene rings is 1. The van der Waals surface area contributed by atoms with E-state index in [0.29, 0.717) is 6.42 Å². The van der Waals surface area contributed by atoms with Crippen LogP contribution in [0.2, 0.25) is 0 Å². The van der Waals surface area contributed by atoms with E-state index < -0.39 is 0 Å². The van der Waals surface area contributed by atoms with E-state index in [1.165, 1.54) is 5.56 Å². The van der Waals surface area contributed by atoms with Gasteiger partial charge in [0, 0.05) is 6.54 Å². The van der Waals surface area contributed by atoms with Gasteiger partial charge in [-0.3, -0.25) is 4.79 Å². The fourth-order valence-corrected chi connectivity index (χ4v) is 2.50. The normalized spacial score (nSPS) is 19.9. The Morgan fingerprint density at radius 2 is 2.06 bits per heavy atom. The molecule has 1 heterocycles. The van der Waals surface area contributed by atoms with Gasteiger partial charge in [-0.15, -0.1) is 0 Å². The number of amides is 1. The SMILES string of the molecule is Cc1ccc(CC(=O)N2CCCCC2CO)cc1. The Labute approximate surface area is 108 Å². The van der Waals surface area contributed by atoms with Crippen LogP contribution in [-0.4, -0.2) is 35.1 Å². The predicted molar refractivity (Wildman–Crippen MR) is 71.3 cm³/mol. The molecule has 0 saturated carbocycles. The van der Waals surface area contributed by atoms with Gasteiger partial charge in [-0.1, -0.05) is 29.8 Å². The summed E-state index contributed by atoms with van der Waals surface area (Å²) in [6.45, 7) is 2.91. The number of hydrogen-bond donors (Lipinski definition) is 1. The zero-order valence-corrected chi connectivity index (χ0v) is 10.9. The molecule has 1 aromatic rings. The van der Waals surface area contributed by atoms with Crippen LogP contribution < -0.4 is 0 Å². The Kier molecular flexibility index (Phi) is 4.37. The van der Waals surface area contributed by atoms with Crippen LogP contribution in [0.4, 0.5) is 0 Å². The number of aliphatic hydroxyl groups excluding tert-OH is 1. The van der Waals surface area contributed by atoms with Crippen LogP contribution >= 0.6 is 0 Å². The molecule has 0 aliphatic carbocycles. The average Bonchev–Trinajstić information content (AvgIpc) is 2.41. The first-order chi connectivity index (χ1) is 8.70. The van der Waals surface area contributed by atoms with E-state index >= 15 is 0 Å². The Bertz CT molecular complexity index is 399. The third-order valence-electron chi connectivity index (χ3n) is 3.63. The van der Waals surface area contributed by atoms with Gasteiger partial charge < -0.3 is 10.0 Å². The quantitative estimate of drug-likeness (QED) is 0.886. The highest BCUT2D eigenvalue weighted by molar-refractivity contribution is 5.79. The molecule has 1 aliphatic heterocycles. The van der Waals surface area contributed by atoms with Crippen LogP contribution in [0.1, 0.15) is 30.4 Å². The summed E-state index contributed by atoms with van der Waals surface area (Å²) >= 11 is 0. The van der Waals surface area contributed by atoms with Gasteiger partial charge >= 0.3 is 0 Å². The van der Waals surface area contributed by atoms with Crippen molar-refractivity contribution in [2.45, 2.75) is 38.6 Å². The molecule has 3 nitrogen and oxygen atoms in total. The van der Waals surface area contributed by atoms with Gasteiger partial charge in [0.05, 0.1) is 19.1 Å². The van der Waals surface area contributed by atoms with E-state index in [0.717, 1.165) is 31.4 Å². The molecule has 18 heavy (non-hydrogen) atoms. The number of piperidine rings is 1. The van der Waals surface area contributed by atoms with Crippen molar-refractivity contribution in [1.29, 1.82) is 0 Å². The molecular weight excluding hydrogens is 226 g/mol. The zero-order chi connectivity index (χ0) is 13.0. The van der Waals surface area contributed by atoms with Crippen molar-refractivity contribution < 1.29 is 9.90 Å². The number of aryl methyl sites for hydroxylation is 1. The molecule has 1 aliphatic rings. The third-order valence-corrected chi connectivity index (χ3v) is 3.63. The predicted octanol–water partition coefficient (Wildman–Crippen LogP) is 1.91. The van der Waals surface area contributed by atoms with E-state index in [-0.39, 0.29) is 18.6 Å². The topological polar surface area (TPSA) is 40.5 Å². The van der Waals surface area contributed by atoms with Crippen molar-refractivity contribution >= 4 is 5.91 Å². The summed E-state index contributed by atoms with van der Waals surface area (Å²) in [4.78, 5) is 14.1. The first-order valence-electron chi connectivity index (χ1n) is 6.66. The zero-order valence-electron chi connectivity index (χ0n) is 10.9. The minimum Gasteiger partial charge on any atom is -0.394 e. The molecule has 1 unspecified atom stereocenters. The largest absolute Gasteiger partial charge is 0.394 e. The van der Waals surface area contributed by atoms with Crippen LogP contribution in [0.5, 0.6) is 0 Å². The first kappa shape index (κ1) is 13.1. The Hall–Kier alpha value is -1.35. The van der Waals surface area contributed by atoms with Crippen molar-refractivity contribution in [3.8, 4) is 0 Å². The lowest BCUT2D eigenvalue weighted by molar-refractivity contribution is -0.135. The van der Waals surface area contributed by atoms with Gasteiger partial charge in [0.2, 0.25) is 5.91 Å². The number of nitrogens with zero attached hydrogens (tertiary/aromatic N) is 1. The molecule has 0 spiro atoms. The molecule has 1 amide bonds. The summed E-state index contributed by atoms with van der Waals surface area (Å²) < 4.78 is 0. The molecule has 2 rings (SSSR count). The summed E-state index contributed by atoms with van der Waals surface area (Å²) in [6.07, 6.45) is 3.53. The standard InChI is InChI=1S/C15H21NO2/c1-12-5-7-13(8-6-12)10-15(18)16-9-3-2-4-14(16)11-17/h5-8,14,17H,2-4,9-11H2,1H3. The minimum absolute atomic E-state index is 0.0247. The highest BCUT2D eigenvalue weighted by Crippen LogP contribution is 2.18. The molecule has 1 N–H and O–H groups in total. The second kappa shape index (κ2) is 6.01. The van der Waals surface area contributed by atoms with Gasteiger partial charge in [-0.25, -0.2) is 0 Å². The van der Waals surface area contributed by atoms with E-state index in [1.807, 2.05) is 36.1 Å². The summed E-state index contributed by atoms with van der Waals surface area (Å²) in [5.41, 5.74) is 2.25. The fourth-order valence-electron chi connectivity index (χ4n) is 2.50. The third kappa shape index (κ3) is 3.10. The highest BCUT2D eigenvalue weighted by Gasteiger charge is 2.25. The second-order valence-corrected chi connectivity index (χ2v) is 5.08. The number of hydrogen-bond acceptors (Lipinski definition) is 2. The average molecular weight is 247 g/mol. The first-order valence-corrected chi connectivity index (χ1v) is 6.66. The maximum Gasteiger partial charge on any atom is 0.227 e. The van der Waals surface area contributed by atoms with Crippen LogP contribution in [0.15, 0.2) is 24.3 Å². The monoisotopic (exact) mass is 247 g/mol. The van der Waals surface area contributed by atoms with Gasteiger partial charge in [-0.2, -0.15) is 0 Å². The van der Waals surface area contributed by atoms with E-state index in [2.05, 4.69) is 0 Å². The molecule has 1 atom stereocenters. The Balaban J connectivity index is 2.00. The van der Waals surface area contributed by atoms with Crippen molar-refractivity contribution in [3.05, 3.63) is 35.4 Å². The van der Waals surface area contributed by atoms with Crippen molar-refractivity contribution in [2.24, 2.45) is 0 Å². The van der Waals surface area contributed by atoms with Gasteiger partial charge in [0.25, 0.3) is 0 Å². The lowest BCUT2D eigenvalue weighted by atomic mass is 10.0. The van der Waals surface area contributed by atoms with Crippen molar-refractivity contribution in [2.75, 3.05) is 13.2 Å². The van der Waals surface area contributed by atoms with Crippen LogP contribution in [0, 0.1) is 6.92 Å². The number of aliphatic hydroxyl groups is 1.